The predicted molar refractivity (Wildman–Crippen MR) is 47.2 cm³/mol. The summed E-state index contributed by atoms with van der Waals surface area (Å²) in [5.41, 5.74) is 0.133. The largest absolute Gasteiger partial charge is 0.481 e. The van der Waals surface area contributed by atoms with Crippen molar-refractivity contribution in [3.05, 3.63) is 23.8 Å². The minimum absolute atomic E-state index is 0.133. The summed E-state index contributed by atoms with van der Waals surface area (Å²) in [6, 6.07) is 0. The highest BCUT2D eigenvalue weighted by Gasteiger charge is 2.12. The van der Waals surface area contributed by atoms with Crippen LogP contribution in [0.25, 0.3) is 0 Å². The number of rotatable bonds is 4. The zero-order chi connectivity index (χ0) is 10.3. The molecule has 0 unspecified atom stereocenters. The van der Waals surface area contributed by atoms with E-state index in [1.54, 1.807) is 19.1 Å². The Morgan fingerprint density at radius 1 is 1.46 bits per heavy atom. The normalized spacial score (nSPS) is 11.7. The lowest BCUT2D eigenvalue weighted by Gasteiger charge is -2.00. The van der Waals surface area contributed by atoms with Gasteiger partial charge in [0.05, 0.1) is 13.5 Å². The zero-order valence-electron chi connectivity index (χ0n) is 7.61. The molecule has 0 rings (SSSR count). The Morgan fingerprint density at radius 2 is 2.08 bits per heavy atom. The lowest BCUT2D eigenvalue weighted by Crippen LogP contribution is -2.09. The van der Waals surface area contributed by atoms with Crippen molar-refractivity contribution in [3.8, 4) is 0 Å². The lowest BCUT2D eigenvalue weighted by molar-refractivity contribution is -0.141. The Kier molecular flexibility index (Phi) is 5.27. The summed E-state index contributed by atoms with van der Waals surface area (Å²) in [5, 5.41) is 8.45. The second-order valence-electron chi connectivity index (χ2n) is 2.28. The fourth-order valence-corrected chi connectivity index (χ4v) is 0.706. The van der Waals surface area contributed by atoms with E-state index in [4.69, 9.17) is 5.11 Å². The highest BCUT2D eigenvalue weighted by molar-refractivity contribution is 5.93. The average molecular weight is 184 g/mol. The smallest absolute Gasteiger partial charge is 0.334 e. The van der Waals surface area contributed by atoms with Gasteiger partial charge in [0.1, 0.15) is 0 Å². The van der Waals surface area contributed by atoms with E-state index in [1.165, 1.54) is 13.2 Å². The molecule has 4 heteroatoms. The number of hydrogen-bond donors (Lipinski definition) is 1. The van der Waals surface area contributed by atoms with Crippen molar-refractivity contribution in [2.75, 3.05) is 7.11 Å². The first-order valence-corrected chi connectivity index (χ1v) is 3.73. The molecule has 0 aromatic rings. The first kappa shape index (κ1) is 11.4. The van der Waals surface area contributed by atoms with Crippen LogP contribution in [0.4, 0.5) is 0 Å². The summed E-state index contributed by atoms with van der Waals surface area (Å²) in [5.74, 6) is -1.67. The third kappa shape index (κ3) is 4.79. The second-order valence-corrected chi connectivity index (χ2v) is 2.28. The molecule has 0 aromatic carbocycles. The predicted octanol–water partition coefficient (Wildman–Crippen LogP) is 1.14. The standard InChI is InChI=1S/C9H12O4/c1-3-4-5-7(6-8(10)11)9(12)13-2/h3-5H,6H2,1-2H3,(H,10,11)/b4-3-,7-5+. The van der Waals surface area contributed by atoms with Crippen LogP contribution in [0.15, 0.2) is 23.8 Å². The van der Waals surface area contributed by atoms with Crippen LogP contribution in [0, 0.1) is 0 Å². The van der Waals surface area contributed by atoms with Crippen LogP contribution in [0.1, 0.15) is 13.3 Å². The number of carbonyl (C=O) groups is 2. The van der Waals surface area contributed by atoms with Crippen LogP contribution >= 0.6 is 0 Å². The van der Waals surface area contributed by atoms with E-state index in [1.807, 2.05) is 0 Å². The van der Waals surface area contributed by atoms with Crippen LogP contribution in [0.2, 0.25) is 0 Å². The maximum atomic E-state index is 11.0. The van der Waals surface area contributed by atoms with Gasteiger partial charge in [-0.1, -0.05) is 18.2 Å². The molecule has 0 saturated carbocycles. The van der Waals surface area contributed by atoms with Crippen LogP contribution in [-0.4, -0.2) is 24.2 Å². The van der Waals surface area contributed by atoms with Gasteiger partial charge in [0.2, 0.25) is 0 Å². The SMILES string of the molecule is C/C=C\C=C(/CC(=O)O)C(=O)OC. The fourth-order valence-electron chi connectivity index (χ4n) is 0.706. The molecular formula is C9H12O4. The third-order valence-electron chi connectivity index (χ3n) is 1.28. The molecule has 0 bridgehead atoms. The van der Waals surface area contributed by atoms with Crippen molar-refractivity contribution < 1.29 is 19.4 Å². The maximum absolute atomic E-state index is 11.0. The van der Waals surface area contributed by atoms with Crippen molar-refractivity contribution in [1.29, 1.82) is 0 Å². The van der Waals surface area contributed by atoms with Crippen molar-refractivity contribution in [2.24, 2.45) is 0 Å². The summed E-state index contributed by atoms with van der Waals surface area (Å²) in [7, 11) is 1.22. The quantitative estimate of drug-likeness (QED) is 0.404. The molecule has 0 radical (unpaired) electrons. The Morgan fingerprint density at radius 3 is 2.46 bits per heavy atom. The lowest BCUT2D eigenvalue weighted by atomic mass is 10.2. The molecule has 13 heavy (non-hydrogen) atoms. The van der Waals surface area contributed by atoms with E-state index < -0.39 is 11.9 Å². The van der Waals surface area contributed by atoms with Gasteiger partial charge in [-0.3, -0.25) is 4.79 Å². The number of ether oxygens (including phenoxy) is 1. The molecule has 0 aliphatic carbocycles. The minimum atomic E-state index is -1.05. The van der Waals surface area contributed by atoms with Gasteiger partial charge in [0.25, 0.3) is 0 Å². The van der Waals surface area contributed by atoms with Gasteiger partial charge >= 0.3 is 11.9 Å². The Hall–Kier alpha value is -1.58. The van der Waals surface area contributed by atoms with E-state index in [0.29, 0.717) is 0 Å². The van der Waals surface area contributed by atoms with Gasteiger partial charge in [-0.05, 0) is 6.92 Å². The average Bonchev–Trinajstić information content (AvgIpc) is 2.10. The molecule has 72 valence electrons. The van der Waals surface area contributed by atoms with Crippen LogP contribution < -0.4 is 0 Å². The van der Waals surface area contributed by atoms with Gasteiger partial charge in [-0.2, -0.15) is 0 Å². The number of carboxylic acid groups (broad SMARTS) is 1. The molecule has 0 amide bonds. The number of aliphatic carboxylic acids is 1. The second kappa shape index (κ2) is 5.99. The number of esters is 1. The van der Waals surface area contributed by atoms with Gasteiger partial charge < -0.3 is 9.84 Å². The van der Waals surface area contributed by atoms with Crippen LogP contribution in [-0.2, 0) is 14.3 Å². The maximum Gasteiger partial charge on any atom is 0.334 e. The number of allylic oxidation sites excluding steroid dienone is 3. The Labute approximate surface area is 76.5 Å². The van der Waals surface area contributed by atoms with Crippen molar-refractivity contribution in [3.63, 3.8) is 0 Å². The molecule has 0 atom stereocenters. The van der Waals surface area contributed by atoms with Crippen LogP contribution in [0.3, 0.4) is 0 Å². The first-order chi connectivity index (χ1) is 6.11. The fraction of sp³-hybridized carbons (Fsp3) is 0.333. The summed E-state index contributed by atoms with van der Waals surface area (Å²) in [6.45, 7) is 1.77. The van der Waals surface area contributed by atoms with Gasteiger partial charge in [-0.15, -0.1) is 0 Å². The third-order valence-corrected chi connectivity index (χ3v) is 1.28. The molecule has 0 fully saturated rings. The van der Waals surface area contributed by atoms with E-state index >= 15 is 0 Å². The van der Waals surface area contributed by atoms with Gasteiger partial charge in [0, 0.05) is 5.57 Å². The van der Waals surface area contributed by atoms with Crippen molar-refractivity contribution in [2.45, 2.75) is 13.3 Å². The molecule has 4 nitrogen and oxygen atoms in total. The molecule has 0 aliphatic rings. The number of carboxylic acids is 1. The number of methoxy groups -OCH3 is 1. The molecule has 0 aliphatic heterocycles. The summed E-state index contributed by atoms with van der Waals surface area (Å²) >= 11 is 0. The van der Waals surface area contributed by atoms with Crippen molar-refractivity contribution in [1.82, 2.24) is 0 Å². The van der Waals surface area contributed by atoms with Crippen molar-refractivity contribution >= 4 is 11.9 Å². The number of carbonyl (C=O) groups excluding carboxylic acids is 1. The Balaban J connectivity index is 4.54. The van der Waals surface area contributed by atoms with Crippen LogP contribution in [0.5, 0.6) is 0 Å². The highest BCUT2D eigenvalue weighted by atomic mass is 16.5. The summed E-state index contributed by atoms with van der Waals surface area (Å²) in [4.78, 5) is 21.3. The Bertz CT molecular complexity index is 250. The van der Waals surface area contributed by atoms with E-state index in [2.05, 4.69) is 4.74 Å². The van der Waals surface area contributed by atoms with E-state index in [0.717, 1.165) is 0 Å². The molecule has 0 aromatic heterocycles. The van der Waals surface area contributed by atoms with Gasteiger partial charge in [0.15, 0.2) is 0 Å². The number of hydrogen-bond acceptors (Lipinski definition) is 3. The monoisotopic (exact) mass is 184 g/mol. The molecule has 0 heterocycles. The summed E-state index contributed by atoms with van der Waals surface area (Å²) < 4.78 is 4.41. The minimum Gasteiger partial charge on any atom is -0.481 e. The summed E-state index contributed by atoms with van der Waals surface area (Å²) in [6.07, 6.45) is 4.40. The molecule has 0 spiro atoms. The highest BCUT2D eigenvalue weighted by Crippen LogP contribution is 2.04. The molecular weight excluding hydrogens is 172 g/mol. The van der Waals surface area contributed by atoms with Gasteiger partial charge in [-0.25, -0.2) is 4.79 Å². The van der Waals surface area contributed by atoms with E-state index in [-0.39, 0.29) is 12.0 Å². The first-order valence-electron chi connectivity index (χ1n) is 3.73. The molecule has 0 saturated heterocycles. The van der Waals surface area contributed by atoms with E-state index in [9.17, 15) is 9.59 Å². The molecule has 1 N–H and O–H groups in total. The topological polar surface area (TPSA) is 63.6 Å². The zero-order valence-corrected chi connectivity index (χ0v) is 7.61.